The van der Waals surface area contributed by atoms with Gasteiger partial charge < -0.3 is 111 Å². The van der Waals surface area contributed by atoms with Crippen molar-refractivity contribution in [2.45, 2.75) is 223 Å². The number of hydrogen-bond acceptors (Lipinski definition) is 20. The number of likely N-dealkylation sites (tertiary alicyclic amines) is 2. The Morgan fingerprint density at radius 3 is 1.59 bits per heavy atom. The molecule has 6 rings (SSSR count). The molecule has 0 aliphatic carbocycles. The van der Waals surface area contributed by atoms with Gasteiger partial charge in [0.1, 0.15) is 78.3 Å². The number of carbonyl (C=O) groups is 16. The van der Waals surface area contributed by atoms with Gasteiger partial charge in [0.15, 0.2) is 5.96 Å². The van der Waals surface area contributed by atoms with Gasteiger partial charge in [-0.1, -0.05) is 102 Å². The third-order valence-electron chi connectivity index (χ3n) is 20.2. The molecule has 2 fully saturated rings. The molecular weight excluding hydrogens is 1560 g/mol. The van der Waals surface area contributed by atoms with Crippen LogP contribution in [0.25, 0.3) is 10.9 Å². The Bertz CT molecular complexity index is 4240. The van der Waals surface area contributed by atoms with Gasteiger partial charge in [-0.15, -0.1) is 0 Å². The predicted molar refractivity (Wildman–Crippen MR) is 439 cm³/mol. The molecule has 23 N–H and O–H groups in total. The number of carboxylic acids is 2. The molecule has 119 heavy (non-hydrogen) atoms. The minimum absolute atomic E-state index is 0.00843. The van der Waals surface area contributed by atoms with Crippen LogP contribution in [0.5, 0.6) is 5.75 Å². The average molecular weight is 1680 g/mol. The van der Waals surface area contributed by atoms with E-state index >= 15 is 0 Å². The number of hydrogen-bond donors (Lipinski definition) is 21. The monoisotopic (exact) mass is 1680 g/mol. The molecule has 2 aliphatic heterocycles. The van der Waals surface area contributed by atoms with Crippen molar-refractivity contribution in [2.24, 2.45) is 35.0 Å². The van der Waals surface area contributed by atoms with Gasteiger partial charge in [-0.3, -0.25) is 82.1 Å². The lowest BCUT2D eigenvalue weighted by Gasteiger charge is -2.32. The number of rotatable bonds is 47. The van der Waals surface area contributed by atoms with Crippen LogP contribution in [-0.2, 0) is 96.0 Å². The van der Waals surface area contributed by atoms with E-state index in [1.165, 1.54) is 41.0 Å². The van der Waals surface area contributed by atoms with E-state index in [-0.39, 0.29) is 120 Å². The quantitative estimate of drug-likeness (QED) is 0.0102. The molecule has 3 aromatic carbocycles. The lowest BCUT2D eigenvalue weighted by molar-refractivity contribution is -0.147. The number of benzene rings is 3. The molecule has 13 atom stereocenters. The zero-order chi connectivity index (χ0) is 87.9. The number of carbonyl (C=O) groups excluding carboxylic acids is 14. The molecule has 39 heteroatoms. The lowest BCUT2D eigenvalue weighted by atomic mass is 9.98. The first-order valence-electron chi connectivity index (χ1n) is 39.8. The molecule has 14 amide bonds. The number of phenols is 1. The molecule has 0 saturated carbocycles. The Labute approximate surface area is 694 Å². The second kappa shape index (κ2) is 46.9. The van der Waals surface area contributed by atoms with Crippen LogP contribution in [0.15, 0.2) is 85.1 Å². The van der Waals surface area contributed by atoms with Crippen LogP contribution in [0, 0.1) is 23.2 Å². The number of nitrogens with two attached hydrogens (primary N) is 3. The fourth-order valence-electron chi connectivity index (χ4n) is 13.8. The number of phenolic OH excluding ortho intramolecular Hbond substituents is 1. The van der Waals surface area contributed by atoms with E-state index in [2.05, 4.69) is 81.4 Å². The van der Waals surface area contributed by atoms with Crippen LogP contribution in [0.3, 0.4) is 0 Å². The lowest BCUT2D eigenvalue weighted by Crippen LogP contribution is -2.61. The standard InChI is InChI=1S/C80H115N19O19S/c1-42(2)34-55(91-68(107)45(7)88-69(108)51(81)27-29-64(102)103)72(111)93-57(37-47-23-25-49(100)26-24-47)74(113)92-56(35-43(3)4)76(115)97-66(44(5)6)78(117)96-60(41-119)70(109)87-40-63(101)98-32-15-22-62(98)79(118)99-33-14-21-61(99)77(116)95-58(36-46-16-9-8-10-17-46)73(112)90-54(20-13-31-85-80(83)84)71(110)94-59(38-48-39-86-52-19-12-11-18-50(48)52)75(114)89-53(67(82)106)28-30-65(104)105/h8-12,16-19,23-26,39,42-45,51,53-62,66,86,100,119H,13-15,20-22,27-38,40-41,81H2,1-7H3,(H2,82,106)(H,87,109)(H,88,108)(H,89,114)(H,90,112)(H,91,107)(H,92,113)(H,93,111)(H,94,110)(H,95,116)(H,96,117)(H,97,115)(H,102,103)(H,104,105)(H4,83,84,85)/t45-,51-,53-,54-,55-,56-,57-,58-,59-,60-,61-,62+,66-/m0/s1. The van der Waals surface area contributed by atoms with Crippen molar-refractivity contribution in [1.29, 1.82) is 5.41 Å². The van der Waals surface area contributed by atoms with Gasteiger partial charge in [0.25, 0.3) is 0 Å². The number of aromatic nitrogens is 1. The van der Waals surface area contributed by atoms with Crippen molar-refractivity contribution in [1.82, 2.24) is 78.6 Å². The molecular formula is C80H115N19O19S. The molecule has 4 aromatic rings. The van der Waals surface area contributed by atoms with E-state index in [0.717, 1.165) is 0 Å². The maximum Gasteiger partial charge on any atom is 0.303 e. The fourth-order valence-corrected chi connectivity index (χ4v) is 14.1. The SMILES string of the molecule is CC(C)C[C@H](NC(=O)[C@H](C)NC(=O)[C@@H](N)CCC(=O)O)C(=O)N[C@@H](Cc1ccc(O)cc1)C(=O)N[C@@H](CC(C)C)C(=O)N[C@H](C(=O)N[C@@H](CS)C(=O)NCC(=O)N1CCC[C@@H]1C(=O)N1CCC[C@H]1C(=O)N[C@@H](Cc1ccccc1)C(=O)N[C@@H](CCCNC(=N)N)C(=O)N[C@@H](Cc1c[nH]c2ccccc12)C(=O)N[C@@H](CCC(=O)O)C(N)=O)C(C)C. The van der Waals surface area contributed by atoms with Gasteiger partial charge in [-0.25, -0.2) is 0 Å². The molecule has 1 aromatic heterocycles. The number of para-hydroxylation sites is 1. The maximum atomic E-state index is 14.9. The summed E-state index contributed by atoms with van der Waals surface area (Å²) in [5, 5.41) is 68.5. The van der Waals surface area contributed by atoms with Crippen molar-refractivity contribution < 1.29 is 92.0 Å². The first kappa shape index (κ1) is 95.9. The molecule has 0 spiro atoms. The summed E-state index contributed by atoms with van der Waals surface area (Å²) < 4.78 is 0. The van der Waals surface area contributed by atoms with Crippen molar-refractivity contribution in [3.8, 4) is 5.75 Å². The number of thiol groups is 1. The summed E-state index contributed by atoms with van der Waals surface area (Å²) in [7, 11) is 0. The van der Waals surface area contributed by atoms with Crippen LogP contribution in [0.1, 0.15) is 142 Å². The van der Waals surface area contributed by atoms with E-state index in [0.29, 0.717) is 40.4 Å². The van der Waals surface area contributed by atoms with Gasteiger partial charge in [0.05, 0.1) is 12.6 Å². The average Bonchev–Trinajstić information content (AvgIpc) is 1.68. The number of aliphatic carboxylic acids is 2. The third kappa shape index (κ3) is 30.5. The molecule has 2 saturated heterocycles. The van der Waals surface area contributed by atoms with Crippen LogP contribution < -0.4 is 81.0 Å². The molecule has 650 valence electrons. The first-order valence-corrected chi connectivity index (χ1v) is 40.4. The number of nitrogens with zero attached hydrogens (tertiary/aromatic N) is 2. The normalized spacial score (nSPS) is 16.6. The number of primary amides is 1. The zero-order valence-electron chi connectivity index (χ0n) is 67.9. The van der Waals surface area contributed by atoms with E-state index < -0.39 is 198 Å². The number of H-pyrrole nitrogens is 1. The van der Waals surface area contributed by atoms with Crippen molar-refractivity contribution in [2.75, 3.05) is 31.9 Å². The second-order valence-corrected chi connectivity index (χ2v) is 31.4. The summed E-state index contributed by atoms with van der Waals surface area (Å²) in [6.45, 7) is 11.2. The van der Waals surface area contributed by atoms with E-state index in [1.807, 2.05) is 0 Å². The van der Waals surface area contributed by atoms with Gasteiger partial charge in [0, 0.05) is 74.6 Å². The number of guanidine groups is 1. The minimum Gasteiger partial charge on any atom is -0.508 e. The number of nitrogens with one attached hydrogen (secondary N) is 14. The Hall–Kier alpha value is -11.9. The Kier molecular flexibility index (Phi) is 37.8. The third-order valence-corrected chi connectivity index (χ3v) is 20.6. The molecule has 2 aliphatic rings. The predicted octanol–water partition coefficient (Wildman–Crippen LogP) is -1.65. The topological polar surface area (TPSA) is 602 Å². The van der Waals surface area contributed by atoms with E-state index in [4.69, 9.17) is 27.7 Å². The summed E-state index contributed by atoms with van der Waals surface area (Å²) in [5.41, 5.74) is 19.3. The summed E-state index contributed by atoms with van der Waals surface area (Å²) in [5.74, 6) is -15.8. The molecule has 0 radical (unpaired) electrons. The minimum atomic E-state index is -1.46. The number of fused-ring (bicyclic) bond motifs is 1. The molecule has 0 unspecified atom stereocenters. The smallest absolute Gasteiger partial charge is 0.303 e. The van der Waals surface area contributed by atoms with Crippen molar-refractivity contribution in [3.63, 3.8) is 0 Å². The molecule has 0 bridgehead atoms. The highest BCUT2D eigenvalue weighted by Gasteiger charge is 2.44. The Morgan fingerprint density at radius 2 is 1.01 bits per heavy atom. The highest BCUT2D eigenvalue weighted by atomic mass is 32.1. The van der Waals surface area contributed by atoms with Crippen LogP contribution in [0.2, 0.25) is 0 Å². The van der Waals surface area contributed by atoms with Gasteiger partial charge in [0.2, 0.25) is 82.7 Å². The van der Waals surface area contributed by atoms with Gasteiger partial charge >= 0.3 is 11.9 Å². The summed E-state index contributed by atoms with van der Waals surface area (Å²) >= 11 is 4.33. The molecule has 3 heterocycles. The largest absolute Gasteiger partial charge is 0.508 e. The van der Waals surface area contributed by atoms with Crippen LogP contribution in [-0.4, -0.2) is 241 Å². The Balaban J connectivity index is 1.12. The van der Waals surface area contributed by atoms with Crippen molar-refractivity contribution >= 4 is 124 Å². The summed E-state index contributed by atoms with van der Waals surface area (Å²) in [6, 6.07) is 4.09. The summed E-state index contributed by atoms with van der Waals surface area (Å²) in [6.07, 6.45) is 0.691. The zero-order valence-corrected chi connectivity index (χ0v) is 68.8. The number of aromatic hydroxyl groups is 1. The summed E-state index contributed by atoms with van der Waals surface area (Å²) in [4.78, 5) is 226. The van der Waals surface area contributed by atoms with Gasteiger partial charge in [-0.2, -0.15) is 12.6 Å². The number of amides is 14. The maximum absolute atomic E-state index is 14.9. The van der Waals surface area contributed by atoms with Gasteiger partial charge in [-0.05, 0) is 124 Å². The number of aromatic amines is 1. The second-order valence-electron chi connectivity index (χ2n) is 31.0. The highest BCUT2D eigenvalue weighted by Crippen LogP contribution is 2.27. The molecule has 38 nitrogen and oxygen atoms in total. The highest BCUT2D eigenvalue weighted by molar-refractivity contribution is 7.80. The Morgan fingerprint density at radius 1 is 0.513 bits per heavy atom. The van der Waals surface area contributed by atoms with Crippen LogP contribution in [0.4, 0.5) is 0 Å². The van der Waals surface area contributed by atoms with E-state index in [9.17, 15) is 86.9 Å². The number of carboxylic acid groups (broad SMARTS) is 2. The fraction of sp³-hybridized carbons (Fsp3) is 0.537. The van der Waals surface area contributed by atoms with E-state index in [1.54, 1.807) is 102 Å². The first-order chi connectivity index (χ1) is 56.3. The van der Waals surface area contributed by atoms with Crippen molar-refractivity contribution in [3.05, 3.63) is 102 Å². The van der Waals surface area contributed by atoms with Crippen LogP contribution >= 0.6 is 12.6 Å².